The fourth-order valence-corrected chi connectivity index (χ4v) is 7.54. The van der Waals surface area contributed by atoms with Crippen LogP contribution in [0.4, 0.5) is 0 Å². The van der Waals surface area contributed by atoms with Gasteiger partial charge in [0.15, 0.2) is 6.10 Å². The van der Waals surface area contributed by atoms with Crippen LogP contribution in [0.2, 0.25) is 0 Å². The van der Waals surface area contributed by atoms with Crippen LogP contribution in [0.25, 0.3) is 0 Å². The fraction of sp³-hybridized carbons (Fsp3) is 0.973. The lowest BCUT2D eigenvalue weighted by atomic mass is 9.94. The maximum absolute atomic E-state index is 13.4. The summed E-state index contributed by atoms with van der Waals surface area (Å²) < 4.78 is 5.76. The molecule has 7 nitrogen and oxygen atoms in total. The Morgan fingerprint density at radius 2 is 1.00 bits per heavy atom. The number of nitrogens with zero attached hydrogens (tertiary/aromatic N) is 1. The van der Waals surface area contributed by atoms with Crippen LogP contribution in [-0.2, 0) is 4.74 Å². The molecule has 1 aliphatic rings. The Kier molecular flexibility index (Phi) is 25.2. The molecule has 45 heavy (non-hydrogen) atoms. The van der Waals surface area contributed by atoms with E-state index in [1.807, 2.05) is 6.92 Å². The molecular formula is C37H73NO6S. The maximum atomic E-state index is 13.4. The minimum Gasteiger partial charge on any atom is -0.822 e. The van der Waals surface area contributed by atoms with Crippen molar-refractivity contribution in [1.82, 2.24) is 0 Å². The van der Waals surface area contributed by atoms with E-state index in [-0.39, 0.29) is 10.5 Å². The molecule has 0 radical (unpaired) electrons. The zero-order valence-corrected chi connectivity index (χ0v) is 30.3. The Hall–Kier alpha value is -0.350. The van der Waals surface area contributed by atoms with Gasteiger partial charge in [0.1, 0.15) is 23.5 Å². The van der Waals surface area contributed by atoms with Crippen LogP contribution in [0.5, 0.6) is 0 Å². The van der Waals surface area contributed by atoms with Gasteiger partial charge < -0.3 is 30.3 Å². The van der Waals surface area contributed by atoms with Crippen LogP contribution in [0.1, 0.15) is 181 Å². The molecular weight excluding hydrogens is 586 g/mol. The molecule has 4 N–H and O–H groups in total. The summed E-state index contributed by atoms with van der Waals surface area (Å²) in [5.41, 5.74) is 0. The summed E-state index contributed by atoms with van der Waals surface area (Å²) in [4.78, 5) is 0. The van der Waals surface area contributed by atoms with Crippen molar-refractivity contribution in [3.05, 3.63) is 0 Å². The summed E-state index contributed by atoms with van der Waals surface area (Å²) in [7, 11) is 0. The largest absolute Gasteiger partial charge is 0.822 e. The molecule has 1 fully saturated rings. The van der Waals surface area contributed by atoms with Gasteiger partial charge in [-0.15, -0.1) is 0 Å². The van der Waals surface area contributed by atoms with Crippen LogP contribution >= 0.6 is 12.2 Å². The average molecular weight is 660 g/mol. The van der Waals surface area contributed by atoms with Gasteiger partial charge in [0.25, 0.3) is 0 Å². The Morgan fingerprint density at radius 3 is 1.38 bits per heavy atom. The summed E-state index contributed by atoms with van der Waals surface area (Å²) >= 11 is 5.38. The number of hydrogen-bond donors (Lipinski definition) is 4. The Balaban J connectivity index is 2.62. The number of quaternary nitrogens is 1. The topological polar surface area (TPSA) is 113 Å². The predicted molar refractivity (Wildman–Crippen MR) is 188 cm³/mol. The van der Waals surface area contributed by atoms with Crippen LogP contribution in [0.3, 0.4) is 0 Å². The zero-order valence-electron chi connectivity index (χ0n) is 29.5. The molecule has 8 heteroatoms. The van der Waals surface area contributed by atoms with Crippen molar-refractivity contribution in [3.63, 3.8) is 0 Å². The van der Waals surface area contributed by atoms with Crippen LogP contribution in [-0.4, -0.2) is 79.9 Å². The normalized spacial score (nSPS) is 24.0. The average Bonchev–Trinajstić information content (AvgIpc) is 3.03. The lowest BCUT2D eigenvalue weighted by Crippen LogP contribution is -2.75. The van der Waals surface area contributed by atoms with E-state index in [9.17, 15) is 25.5 Å². The van der Waals surface area contributed by atoms with Gasteiger partial charge in [-0.2, -0.15) is 0 Å². The molecule has 1 saturated heterocycles. The third-order valence-corrected chi connectivity index (χ3v) is 10.6. The predicted octanol–water partition coefficient (Wildman–Crippen LogP) is 7.43. The Morgan fingerprint density at radius 1 is 0.622 bits per heavy atom. The van der Waals surface area contributed by atoms with Gasteiger partial charge in [-0.05, 0) is 44.8 Å². The van der Waals surface area contributed by atoms with Gasteiger partial charge in [-0.25, -0.2) is 0 Å². The highest BCUT2D eigenvalue weighted by Crippen LogP contribution is 2.34. The molecule has 0 aliphatic carbocycles. The smallest absolute Gasteiger partial charge is 0.227 e. The highest BCUT2D eigenvalue weighted by atomic mass is 32.1. The second-order valence-electron chi connectivity index (χ2n) is 14.1. The van der Waals surface area contributed by atoms with Crippen molar-refractivity contribution in [2.45, 2.75) is 218 Å². The summed E-state index contributed by atoms with van der Waals surface area (Å²) in [6, 6.07) is -0.215. The van der Waals surface area contributed by atoms with E-state index in [1.54, 1.807) is 0 Å². The van der Waals surface area contributed by atoms with Crippen molar-refractivity contribution >= 4 is 17.4 Å². The first kappa shape index (κ1) is 42.7. The highest BCUT2D eigenvalue weighted by molar-refractivity contribution is 7.79. The van der Waals surface area contributed by atoms with E-state index in [0.717, 1.165) is 38.5 Å². The highest BCUT2D eigenvalue weighted by Gasteiger charge is 2.55. The molecule has 1 rings (SSSR count). The number of hydrogen-bond acceptors (Lipinski definition) is 7. The number of unbranched alkanes of at least 4 members (excludes halogenated alkanes) is 22. The minimum absolute atomic E-state index is 0.215. The zero-order chi connectivity index (χ0) is 33.3. The number of aliphatic hydroxyl groups is 4. The first-order valence-electron chi connectivity index (χ1n) is 19.2. The summed E-state index contributed by atoms with van der Waals surface area (Å²) in [6.45, 7) is 6.40. The first-order chi connectivity index (χ1) is 21.8. The van der Waals surface area contributed by atoms with Crippen LogP contribution < -0.4 is 5.11 Å². The molecule has 0 aromatic heterocycles. The van der Waals surface area contributed by atoms with Gasteiger partial charge in [-0.1, -0.05) is 149 Å². The van der Waals surface area contributed by atoms with E-state index >= 15 is 0 Å². The van der Waals surface area contributed by atoms with Crippen molar-refractivity contribution in [2.75, 3.05) is 13.2 Å². The van der Waals surface area contributed by atoms with Crippen LogP contribution in [0, 0.1) is 0 Å². The fourth-order valence-electron chi connectivity index (χ4n) is 7.16. The molecule has 1 aliphatic heterocycles. The van der Waals surface area contributed by atoms with E-state index in [4.69, 9.17) is 17.0 Å². The molecule has 1 heterocycles. The SMILES string of the molecule is CCCCCCCCCCCCCCCCC(C)[N+](CCCCCCCCCCCC)(C([O-])=S)C1O[C@H](CO)[C@@H](O)[C@H](O)[C@H]1O. The summed E-state index contributed by atoms with van der Waals surface area (Å²) in [6.07, 6.45) is 23.7. The Labute approximate surface area is 282 Å². The van der Waals surface area contributed by atoms with Gasteiger partial charge >= 0.3 is 0 Å². The summed E-state index contributed by atoms with van der Waals surface area (Å²) in [5, 5.41) is 54.8. The van der Waals surface area contributed by atoms with Crippen molar-refractivity contribution in [3.8, 4) is 0 Å². The maximum Gasteiger partial charge on any atom is 0.227 e. The molecule has 268 valence electrons. The second-order valence-corrected chi connectivity index (χ2v) is 14.4. The molecule has 0 bridgehead atoms. The van der Waals surface area contributed by atoms with Gasteiger partial charge in [-0.3, -0.25) is 4.48 Å². The van der Waals surface area contributed by atoms with E-state index in [2.05, 4.69) is 13.8 Å². The quantitative estimate of drug-likeness (QED) is 0.0375. The third kappa shape index (κ3) is 16.1. The van der Waals surface area contributed by atoms with E-state index in [0.29, 0.717) is 6.54 Å². The van der Waals surface area contributed by atoms with Gasteiger partial charge in [0.05, 0.1) is 19.2 Å². The lowest BCUT2D eigenvalue weighted by Gasteiger charge is -2.54. The lowest BCUT2D eigenvalue weighted by molar-refractivity contribution is -0.939. The van der Waals surface area contributed by atoms with Gasteiger partial charge in [0.2, 0.25) is 6.23 Å². The number of thiocarbonyl (C=S) groups is 1. The molecule has 0 aromatic rings. The summed E-state index contributed by atoms with van der Waals surface area (Å²) in [5.74, 6) is 0. The van der Waals surface area contributed by atoms with Crippen LogP contribution in [0.15, 0.2) is 0 Å². The monoisotopic (exact) mass is 660 g/mol. The molecule has 0 saturated carbocycles. The molecule has 0 spiro atoms. The molecule has 7 atom stereocenters. The second kappa shape index (κ2) is 26.6. The first-order valence-corrected chi connectivity index (χ1v) is 19.6. The molecule has 3 unspecified atom stereocenters. The number of aliphatic hydroxyl groups excluding tert-OH is 4. The third-order valence-electron chi connectivity index (χ3n) is 10.3. The molecule has 0 amide bonds. The van der Waals surface area contributed by atoms with E-state index < -0.39 is 42.4 Å². The minimum atomic E-state index is -1.52. The van der Waals surface area contributed by atoms with E-state index in [1.165, 1.54) is 122 Å². The van der Waals surface area contributed by atoms with Gasteiger partial charge in [0, 0.05) is 0 Å². The number of ether oxygens (including phenoxy) is 1. The van der Waals surface area contributed by atoms with Crippen molar-refractivity contribution in [1.29, 1.82) is 0 Å². The van der Waals surface area contributed by atoms with Crippen molar-refractivity contribution in [2.24, 2.45) is 0 Å². The number of rotatable bonds is 29. The molecule has 0 aromatic carbocycles. The van der Waals surface area contributed by atoms with Crippen molar-refractivity contribution < 1.29 is 34.8 Å². The standard InChI is InChI=1S/C37H73NO6S/c1-4-6-8-10-12-14-16-17-18-19-20-22-24-26-28-31(3)38(37(43)45,29-27-25-23-21-15-13-11-9-7-5-2)36-35(42)34(41)33(40)32(30-39)44-36/h31-36,39-42H,4-30H2,1-3H3/t31?,32-,33-,34+,35-,36?,38?/m1/s1. The Bertz CT molecular complexity index is 712.